The lowest BCUT2D eigenvalue weighted by Gasteiger charge is -2.09. The molecule has 0 bridgehead atoms. The van der Waals surface area contributed by atoms with Gasteiger partial charge in [0.2, 0.25) is 0 Å². The lowest BCUT2D eigenvalue weighted by atomic mass is 10.1. The highest BCUT2D eigenvalue weighted by molar-refractivity contribution is 7.86. The van der Waals surface area contributed by atoms with E-state index in [-0.39, 0.29) is 5.75 Å². The van der Waals surface area contributed by atoms with E-state index in [1.54, 1.807) is 0 Å². The number of phenolic OH excluding ortho intramolecular Hbond substituents is 1. The molecule has 0 radical (unpaired) electrons. The zero-order valence-electron chi connectivity index (χ0n) is 14.3. The smallest absolute Gasteiger partial charge is 0.298 e. The Balaban J connectivity index is 1.94. The molecule has 0 saturated heterocycles. The van der Waals surface area contributed by atoms with Gasteiger partial charge in [-0.2, -0.15) is 8.42 Å². The van der Waals surface area contributed by atoms with Crippen molar-refractivity contribution >= 4 is 10.1 Å². The van der Waals surface area contributed by atoms with Crippen LogP contribution < -0.4 is 4.74 Å². The van der Waals surface area contributed by atoms with E-state index in [1.807, 2.05) is 24.3 Å². The van der Waals surface area contributed by atoms with Crippen LogP contribution >= 0.6 is 0 Å². The summed E-state index contributed by atoms with van der Waals surface area (Å²) in [6.45, 7) is 2.20. The summed E-state index contributed by atoms with van der Waals surface area (Å²) in [5.41, 5.74) is 1.24. The number of hydrogen-bond donors (Lipinski definition) is 2. The number of aromatic hydroxyl groups is 1. The van der Waals surface area contributed by atoms with Crippen LogP contribution in [0.2, 0.25) is 0 Å². The van der Waals surface area contributed by atoms with E-state index in [0.29, 0.717) is 5.75 Å². The highest BCUT2D eigenvalue weighted by Gasteiger charge is 2.15. The number of hydrogen-bond acceptors (Lipinski definition) is 4. The van der Waals surface area contributed by atoms with Crippen molar-refractivity contribution in [3.05, 3.63) is 48.0 Å². The SMILES string of the molecule is CCCCCCCc1ccc(Oc2ccc(S(=O)(=O)O)c(O)c2)cc1. The van der Waals surface area contributed by atoms with E-state index in [0.717, 1.165) is 18.6 Å². The summed E-state index contributed by atoms with van der Waals surface area (Å²) in [6, 6.07) is 11.3. The van der Waals surface area contributed by atoms with Crippen LogP contribution in [-0.2, 0) is 16.5 Å². The molecule has 5 nitrogen and oxygen atoms in total. The molecule has 0 aliphatic heterocycles. The molecule has 2 aromatic rings. The molecular weight excluding hydrogens is 340 g/mol. The molecule has 0 aromatic heterocycles. The van der Waals surface area contributed by atoms with Crippen LogP contribution in [0.1, 0.15) is 44.6 Å². The number of benzene rings is 2. The van der Waals surface area contributed by atoms with Gasteiger partial charge in [0.05, 0.1) is 0 Å². The Morgan fingerprint density at radius 3 is 2.16 bits per heavy atom. The molecule has 0 fully saturated rings. The Kier molecular flexibility index (Phi) is 6.84. The van der Waals surface area contributed by atoms with Crippen molar-refractivity contribution in [3.63, 3.8) is 0 Å². The maximum atomic E-state index is 11.1. The zero-order chi connectivity index (χ0) is 18.3. The Morgan fingerprint density at radius 1 is 0.920 bits per heavy atom. The molecule has 0 unspecified atom stereocenters. The minimum absolute atomic E-state index is 0.289. The van der Waals surface area contributed by atoms with Crippen molar-refractivity contribution in [2.45, 2.75) is 50.3 Å². The van der Waals surface area contributed by atoms with Gasteiger partial charge in [0, 0.05) is 6.07 Å². The van der Waals surface area contributed by atoms with Gasteiger partial charge < -0.3 is 9.84 Å². The van der Waals surface area contributed by atoms with Gasteiger partial charge in [-0.1, -0.05) is 44.7 Å². The summed E-state index contributed by atoms with van der Waals surface area (Å²) in [6.07, 6.45) is 7.26. The third-order valence-electron chi connectivity index (χ3n) is 3.94. The molecule has 0 amide bonds. The van der Waals surface area contributed by atoms with Crippen LogP contribution in [0.4, 0.5) is 0 Å². The van der Waals surface area contributed by atoms with Crippen molar-refractivity contribution in [1.29, 1.82) is 0 Å². The van der Waals surface area contributed by atoms with E-state index >= 15 is 0 Å². The molecule has 136 valence electrons. The summed E-state index contributed by atoms with van der Waals surface area (Å²) in [4.78, 5) is -0.543. The van der Waals surface area contributed by atoms with Crippen LogP contribution in [0.25, 0.3) is 0 Å². The third-order valence-corrected chi connectivity index (χ3v) is 4.84. The predicted octanol–water partition coefficient (Wildman–Crippen LogP) is 4.94. The lowest BCUT2D eigenvalue weighted by Crippen LogP contribution is -1.98. The molecule has 25 heavy (non-hydrogen) atoms. The molecule has 0 aliphatic carbocycles. The largest absolute Gasteiger partial charge is 0.506 e. The average molecular weight is 364 g/mol. The van der Waals surface area contributed by atoms with Gasteiger partial charge in [-0.25, -0.2) is 0 Å². The maximum absolute atomic E-state index is 11.1. The van der Waals surface area contributed by atoms with Gasteiger partial charge in [-0.15, -0.1) is 0 Å². The summed E-state index contributed by atoms with van der Waals surface area (Å²) in [5, 5.41) is 9.69. The first-order chi connectivity index (χ1) is 11.9. The normalized spacial score (nSPS) is 11.4. The molecule has 2 rings (SSSR count). The molecule has 0 spiro atoms. The van der Waals surface area contributed by atoms with Crippen LogP contribution in [-0.4, -0.2) is 18.1 Å². The van der Waals surface area contributed by atoms with Gasteiger partial charge in [-0.3, -0.25) is 4.55 Å². The van der Waals surface area contributed by atoms with E-state index in [4.69, 9.17) is 9.29 Å². The van der Waals surface area contributed by atoms with E-state index in [2.05, 4.69) is 6.92 Å². The third kappa shape index (κ3) is 6.07. The molecule has 0 heterocycles. The van der Waals surface area contributed by atoms with E-state index in [9.17, 15) is 13.5 Å². The second-order valence-electron chi connectivity index (χ2n) is 6.01. The topological polar surface area (TPSA) is 83.8 Å². The molecule has 0 saturated carbocycles. The fourth-order valence-corrected chi connectivity index (χ4v) is 3.13. The highest BCUT2D eigenvalue weighted by atomic mass is 32.2. The maximum Gasteiger partial charge on any atom is 0.298 e. The number of phenols is 1. The molecule has 0 aliphatic rings. The molecule has 0 atom stereocenters. The number of ether oxygens (including phenoxy) is 1. The zero-order valence-corrected chi connectivity index (χ0v) is 15.1. The Bertz CT molecular complexity index is 782. The van der Waals surface area contributed by atoms with Crippen LogP contribution in [0.3, 0.4) is 0 Å². The number of rotatable bonds is 9. The summed E-state index contributed by atoms with van der Waals surface area (Å²) in [5.74, 6) is 0.328. The second-order valence-corrected chi connectivity index (χ2v) is 7.40. The van der Waals surface area contributed by atoms with Gasteiger partial charge >= 0.3 is 0 Å². The first-order valence-corrected chi connectivity index (χ1v) is 9.91. The fraction of sp³-hybridized carbons (Fsp3) is 0.368. The van der Waals surface area contributed by atoms with Crippen molar-refractivity contribution in [1.82, 2.24) is 0 Å². The van der Waals surface area contributed by atoms with Gasteiger partial charge in [0.25, 0.3) is 10.1 Å². The minimum Gasteiger partial charge on any atom is -0.506 e. The first-order valence-electron chi connectivity index (χ1n) is 8.47. The van der Waals surface area contributed by atoms with Crippen LogP contribution in [0, 0.1) is 0 Å². The number of aryl methyl sites for hydroxylation is 1. The molecule has 6 heteroatoms. The van der Waals surface area contributed by atoms with E-state index in [1.165, 1.54) is 43.7 Å². The summed E-state index contributed by atoms with van der Waals surface area (Å²) >= 11 is 0. The standard InChI is InChI=1S/C19H24O5S/c1-2-3-4-5-6-7-15-8-10-16(11-9-15)24-17-12-13-19(18(20)14-17)25(21,22)23/h8-14,20H,2-7H2,1H3,(H,21,22,23). The van der Waals surface area contributed by atoms with Crippen LogP contribution in [0.5, 0.6) is 17.2 Å². The minimum atomic E-state index is -4.45. The summed E-state index contributed by atoms with van der Waals surface area (Å²) < 4.78 is 36.7. The first kappa shape index (κ1) is 19.3. The van der Waals surface area contributed by atoms with Crippen molar-refractivity contribution in [3.8, 4) is 17.2 Å². The fourth-order valence-electron chi connectivity index (χ4n) is 2.57. The molecular formula is C19H24O5S. The Morgan fingerprint density at radius 2 is 1.56 bits per heavy atom. The average Bonchev–Trinajstić information content (AvgIpc) is 2.55. The van der Waals surface area contributed by atoms with E-state index < -0.39 is 20.8 Å². The summed E-state index contributed by atoms with van der Waals surface area (Å²) in [7, 11) is -4.45. The highest BCUT2D eigenvalue weighted by Crippen LogP contribution is 2.30. The Labute approximate surface area is 149 Å². The van der Waals surface area contributed by atoms with Gasteiger partial charge in [-0.05, 0) is 42.7 Å². The van der Waals surface area contributed by atoms with Gasteiger partial charge in [0.15, 0.2) is 0 Å². The predicted molar refractivity (Wildman–Crippen MR) is 96.9 cm³/mol. The van der Waals surface area contributed by atoms with Crippen molar-refractivity contribution < 1.29 is 22.8 Å². The second kappa shape index (κ2) is 8.87. The van der Waals surface area contributed by atoms with Crippen molar-refractivity contribution in [2.75, 3.05) is 0 Å². The lowest BCUT2D eigenvalue weighted by molar-refractivity contribution is 0.433. The Hall–Kier alpha value is -2.05. The van der Waals surface area contributed by atoms with Gasteiger partial charge in [0.1, 0.15) is 22.1 Å². The molecule has 2 aromatic carbocycles. The monoisotopic (exact) mass is 364 g/mol. The number of unbranched alkanes of at least 4 members (excludes halogenated alkanes) is 4. The molecule has 2 N–H and O–H groups in total. The van der Waals surface area contributed by atoms with Crippen molar-refractivity contribution in [2.24, 2.45) is 0 Å². The van der Waals surface area contributed by atoms with Crippen LogP contribution in [0.15, 0.2) is 47.4 Å². The quantitative estimate of drug-likeness (QED) is 0.486.